The lowest BCUT2D eigenvalue weighted by Gasteiger charge is -2.26. The largest absolute Gasteiger partial charge is 0.355 e. The Hall–Kier alpha value is -1.20. The van der Waals surface area contributed by atoms with Crippen molar-refractivity contribution in [2.24, 2.45) is 0 Å². The number of nitrogens with zero attached hydrogens (tertiary/aromatic N) is 3. The van der Waals surface area contributed by atoms with E-state index in [1.165, 1.54) is 0 Å². The van der Waals surface area contributed by atoms with Gasteiger partial charge in [0.15, 0.2) is 5.65 Å². The summed E-state index contributed by atoms with van der Waals surface area (Å²) in [5.41, 5.74) is 0.966. The number of anilines is 1. The number of aromatic nitrogens is 2. The highest BCUT2D eigenvalue weighted by molar-refractivity contribution is 9.10. The van der Waals surface area contributed by atoms with E-state index in [2.05, 4.69) is 64.0 Å². The van der Waals surface area contributed by atoms with Crippen molar-refractivity contribution in [2.45, 2.75) is 52.6 Å². The van der Waals surface area contributed by atoms with Gasteiger partial charge < -0.3 is 10.2 Å². The van der Waals surface area contributed by atoms with E-state index in [4.69, 9.17) is 4.98 Å². The van der Waals surface area contributed by atoms with Gasteiger partial charge in [-0.2, -0.15) is 0 Å². The molecule has 1 saturated heterocycles. The lowest BCUT2D eigenvalue weighted by Crippen LogP contribution is -2.44. The van der Waals surface area contributed by atoms with Crippen LogP contribution in [0.3, 0.4) is 0 Å². The van der Waals surface area contributed by atoms with Crippen molar-refractivity contribution in [3.05, 3.63) is 28.9 Å². The summed E-state index contributed by atoms with van der Waals surface area (Å²) in [5.74, 6) is 1.02. The van der Waals surface area contributed by atoms with Gasteiger partial charge in [0.2, 0.25) is 0 Å². The van der Waals surface area contributed by atoms with Crippen LogP contribution in [0.1, 0.15) is 41.0 Å². The van der Waals surface area contributed by atoms with Gasteiger partial charge in [0.05, 0.1) is 0 Å². The first-order valence-electron chi connectivity index (χ1n) is 8.36. The number of nitrogens with one attached hydrogen (secondary N) is 1. The molecule has 2 aromatic heterocycles. The molecule has 23 heavy (non-hydrogen) atoms. The first-order valence-corrected chi connectivity index (χ1v) is 9.15. The summed E-state index contributed by atoms with van der Waals surface area (Å²) in [7, 11) is 0. The van der Waals surface area contributed by atoms with Gasteiger partial charge in [-0.3, -0.25) is 0 Å². The first-order chi connectivity index (χ1) is 10.9. The molecule has 3 heterocycles. The van der Waals surface area contributed by atoms with Gasteiger partial charge in [0.1, 0.15) is 5.82 Å². The molecule has 1 aliphatic rings. The third-order valence-electron chi connectivity index (χ3n) is 3.64. The molecule has 0 aliphatic carbocycles. The lowest BCUT2D eigenvalue weighted by molar-refractivity contribution is 0.373. The maximum atomic E-state index is 4.70. The minimum Gasteiger partial charge on any atom is -0.355 e. The van der Waals surface area contributed by atoms with E-state index in [1.807, 2.05) is 19.9 Å². The van der Waals surface area contributed by atoms with E-state index >= 15 is 0 Å². The minimum atomic E-state index is 0.158. The fourth-order valence-corrected chi connectivity index (χ4v) is 3.20. The summed E-state index contributed by atoms with van der Waals surface area (Å²) < 4.78 is 0.986. The number of pyridine rings is 2. The van der Waals surface area contributed by atoms with Crippen molar-refractivity contribution in [2.75, 3.05) is 18.0 Å². The zero-order valence-corrected chi connectivity index (χ0v) is 16.3. The molecular weight excluding hydrogens is 352 g/mol. The summed E-state index contributed by atoms with van der Waals surface area (Å²) in [4.78, 5) is 11.4. The van der Waals surface area contributed by atoms with E-state index in [1.54, 1.807) is 6.20 Å². The van der Waals surface area contributed by atoms with Gasteiger partial charge in [-0.15, -0.1) is 0 Å². The van der Waals surface area contributed by atoms with Gasteiger partial charge in [-0.25, -0.2) is 9.97 Å². The third kappa shape index (κ3) is 4.88. The molecule has 1 unspecified atom stereocenters. The molecule has 0 saturated carbocycles. The number of fused-ring (bicyclic) bond motifs is 1. The van der Waals surface area contributed by atoms with Gasteiger partial charge in [0.25, 0.3) is 0 Å². The van der Waals surface area contributed by atoms with Gasteiger partial charge in [-0.05, 0) is 61.3 Å². The normalized spacial score (nSPS) is 18.0. The Labute approximate surface area is 147 Å². The molecule has 126 valence electrons. The molecule has 0 spiro atoms. The summed E-state index contributed by atoms with van der Waals surface area (Å²) >= 11 is 3.44. The van der Waals surface area contributed by atoms with Crippen LogP contribution in [0.4, 0.5) is 5.82 Å². The van der Waals surface area contributed by atoms with Crippen molar-refractivity contribution in [1.82, 2.24) is 15.3 Å². The highest BCUT2D eigenvalue weighted by Crippen LogP contribution is 2.23. The molecule has 3 rings (SSSR count). The van der Waals surface area contributed by atoms with Crippen LogP contribution >= 0.6 is 15.9 Å². The van der Waals surface area contributed by atoms with Crippen LogP contribution in [-0.2, 0) is 0 Å². The average Bonchev–Trinajstić information content (AvgIpc) is 2.95. The molecule has 0 bridgehead atoms. The summed E-state index contributed by atoms with van der Waals surface area (Å²) in [6.07, 6.45) is 2.96. The molecule has 0 radical (unpaired) electrons. The predicted molar refractivity (Wildman–Crippen MR) is 102 cm³/mol. The zero-order valence-electron chi connectivity index (χ0n) is 14.7. The number of rotatable bonds is 2. The van der Waals surface area contributed by atoms with E-state index < -0.39 is 0 Å². The molecule has 1 aliphatic heterocycles. The molecule has 1 N–H and O–H groups in total. The van der Waals surface area contributed by atoms with E-state index in [9.17, 15) is 0 Å². The Balaban J connectivity index is 0.000000924. The average molecular weight is 379 g/mol. The van der Waals surface area contributed by atoms with Crippen LogP contribution in [0.25, 0.3) is 11.0 Å². The predicted octanol–water partition coefficient (Wildman–Crippen LogP) is 4.39. The Morgan fingerprint density at radius 2 is 2.00 bits per heavy atom. The van der Waals surface area contributed by atoms with Crippen LogP contribution in [0.15, 0.2) is 28.9 Å². The second-order valence-electron chi connectivity index (χ2n) is 6.70. The maximum absolute atomic E-state index is 4.70. The monoisotopic (exact) mass is 378 g/mol. The van der Waals surface area contributed by atoms with Gasteiger partial charge >= 0.3 is 0 Å². The first kappa shape index (κ1) is 18.1. The van der Waals surface area contributed by atoms with Crippen molar-refractivity contribution in [3.8, 4) is 0 Å². The zero-order chi connectivity index (χ0) is 17.0. The number of hydrogen-bond acceptors (Lipinski definition) is 4. The SMILES string of the molecule is CC.CC(C)(C)NC1CCN(c2ccc3cc(Br)cnc3n2)C1. The Bertz CT molecular complexity index is 651. The fourth-order valence-electron chi connectivity index (χ4n) is 2.85. The molecule has 1 atom stereocenters. The number of hydrogen-bond donors (Lipinski definition) is 1. The van der Waals surface area contributed by atoms with Crippen LogP contribution in [0.5, 0.6) is 0 Å². The lowest BCUT2D eigenvalue weighted by atomic mass is 10.1. The quantitative estimate of drug-likeness (QED) is 0.841. The molecule has 5 heteroatoms. The summed E-state index contributed by atoms with van der Waals surface area (Å²) in [6, 6.07) is 6.77. The van der Waals surface area contributed by atoms with Gasteiger partial charge in [0, 0.05) is 40.7 Å². The molecule has 2 aromatic rings. The highest BCUT2D eigenvalue weighted by atomic mass is 79.9. The Morgan fingerprint density at radius 3 is 2.70 bits per heavy atom. The van der Waals surface area contributed by atoms with E-state index in [0.29, 0.717) is 6.04 Å². The standard InChI is InChI=1S/C16H21BrN4.C2H6/c1-16(2,3)20-13-6-7-21(10-13)14-5-4-11-8-12(17)9-18-15(11)19-14;1-2/h4-5,8-9,13,20H,6-7,10H2,1-3H3;1-2H3. The van der Waals surface area contributed by atoms with Crippen molar-refractivity contribution in [1.29, 1.82) is 0 Å². The fraction of sp³-hybridized carbons (Fsp3) is 0.556. The maximum Gasteiger partial charge on any atom is 0.161 e. The summed E-state index contributed by atoms with van der Waals surface area (Å²) in [6.45, 7) is 12.7. The third-order valence-corrected chi connectivity index (χ3v) is 4.08. The van der Waals surface area contributed by atoms with Crippen LogP contribution in [-0.4, -0.2) is 34.6 Å². The van der Waals surface area contributed by atoms with Crippen LogP contribution in [0.2, 0.25) is 0 Å². The molecular formula is C18H27BrN4. The second-order valence-corrected chi connectivity index (χ2v) is 7.61. The van der Waals surface area contributed by atoms with E-state index in [0.717, 1.165) is 40.8 Å². The topological polar surface area (TPSA) is 41.0 Å². The smallest absolute Gasteiger partial charge is 0.161 e. The van der Waals surface area contributed by atoms with E-state index in [-0.39, 0.29) is 5.54 Å². The highest BCUT2D eigenvalue weighted by Gasteiger charge is 2.26. The Kier molecular flexibility index (Phi) is 5.98. The molecule has 0 aromatic carbocycles. The number of halogens is 1. The molecule has 0 amide bonds. The van der Waals surface area contributed by atoms with Gasteiger partial charge in [-0.1, -0.05) is 13.8 Å². The van der Waals surface area contributed by atoms with Crippen LogP contribution < -0.4 is 10.2 Å². The van der Waals surface area contributed by atoms with Crippen LogP contribution in [0, 0.1) is 0 Å². The Morgan fingerprint density at radius 1 is 1.26 bits per heavy atom. The molecule has 4 nitrogen and oxygen atoms in total. The molecule has 1 fully saturated rings. The van der Waals surface area contributed by atoms with Crippen molar-refractivity contribution in [3.63, 3.8) is 0 Å². The second kappa shape index (κ2) is 7.58. The van der Waals surface area contributed by atoms with Crippen molar-refractivity contribution < 1.29 is 0 Å². The minimum absolute atomic E-state index is 0.158. The summed E-state index contributed by atoms with van der Waals surface area (Å²) in [5, 5.41) is 4.74. The van der Waals surface area contributed by atoms with Crippen molar-refractivity contribution >= 4 is 32.8 Å².